The molecule has 1 fully saturated rings. The predicted molar refractivity (Wildman–Crippen MR) is 102 cm³/mol. The van der Waals surface area contributed by atoms with E-state index in [-0.39, 0.29) is 23.2 Å². The molecule has 3 heterocycles. The number of aryl methyl sites for hydroxylation is 1. The number of carbonyl (C=O) groups excluding carboxylic acids is 1. The van der Waals surface area contributed by atoms with Crippen molar-refractivity contribution in [2.24, 2.45) is 7.05 Å². The Bertz CT molecular complexity index is 1030. The lowest BCUT2D eigenvalue weighted by atomic mass is 10.0. The van der Waals surface area contributed by atoms with Gasteiger partial charge in [-0.25, -0.2) is 14.6 Å². The number of hydrogen-bond acceptors (Lipinski definition) is 6. The van der Waals surface area contributed by atoms with Crippen LogP contribution in [0.5, 0.6) is 0 Å². The van der Waals surface area contributed by atoms with E-state index in [1.807, 2.05) is 0 Å². The third kappa shape index (κ3) is 3.38. The average molecular weight is 364 g/mol. The molecule has 0 bridgehead atoms. The number of amides is 1. The highest BCUT2D eigenvalue weighted by molar-refractivity contribution is 6.04. The average Bonchev–Trinajstić information content (AvgIpc) is 2.72. The molecular formula is C19H20N6O2. The van der Waals surface area contributed by atoms with Gasteiger partial charge in [-0.2, -0.15) is 5.10 Å². The van der Waals surface area contributed by atoms with Crippen molar-refractivity contribution < 1.29 is 4.79 Å². The molecule has 0 spiro atoms. The van der Waals surface area contributed by atoms with Crippen LogP contribution in [0.25, 0.3) is 10.8 Å². The van der Waals surface area contributed by atoms with Gasteiger partial charge in [0.05, 0.1) is 5.39 Å². The van der Waals surface area contributed by atoms with Crippen molar-refractivity contribution in [1.29, 1.82) is 0 Å². The van der Waals surface area contributed by atoms with Gasteiger partial charge in [-0.15, -0.1) is 0 Å². The Balaban J connectivity index is 1.49. The number of aromatic nitrogens is 4. The number of piperidine rings is 1. The SMILES string of the molecule is Cn1nc(C(=O)NC2CCN(c3ncccn3)CC2)c2ccccc2c1=O. The van der Waals surface area contributed by atoms with Gasteiger partial charge in [0.15, 0.2) is 5.69 Å². The zero-order chi connectivity index (χ0) is 18.8. The number of hydrogen-bond donors (Lipinski definition) is 1. The molecule has 8 nitrogen and oxygen atoms in total. The van der Waals surface area contributed by atoms with Gasteiger partial charge in [0.2, 0.25) is 5.95 Å². The lowest BCUT2D eigenvalue weighted by molar-refractivity contribution is 0.0925. The molecule has 8 heteroatoms. The fourth-order valence-electron chi connectivity index (χ4n) is 3.40. The van der Waals surface area contributed by atoms with E-state index >= 15 is 0 Å². The number of anilines is 1. The number of nitrogens with one attached hydrogen (secondary N) is 1. The van der Waals surface area contributed by atoms with Gasteiger partial charge in [0.25, 0.3) is 11.5 Å². The van der Waals surface area contributed by atoms with Gasteiger partial charge in [-0.05, 0) is 25.0 Å². The van der Waals surface area contributed by atoms with E-state index < -0.39 is 0 Å². The molecule has 2 aromatic heterocycles. The standard InChI is InChI=1S/C19H20N6O2/c1-24-18(27)15-6-3-2-5-14(15)16(23-24)17(26)22-13-7-11-25(12-8-13)19-20-9-4-10-21-19/h2-6,9-10,13H,7-8,11-12H2,1H3,(H,22,26). The van der Waals surface area contributed by atoms with Crippen molar-refractivity contribution in [2.45, 2.75) is 18.9 Å². The first kappa shape index (κ1) is 17.1. The molecular weight excluding hydrogens is 344 g/mol. The minimum atomic E-state index is -0.254. The van der Waals surface area contributed by atoms with Gasteiger partial charge in [0, 0.05) is 44.0 Å². The molecule has 1 N–H and O–H groups in total. The topological polar surface area (TPSA) is 93.0 Å². The predicted octanol–water partition coefficient (Wildman–Crippen LogP) is 1.12. The first-order valence-corrected chi connectivity index (χ1v) is 8.92. The van der Waals surface area contributed by atoms with Crippen LogP contribution >= 0.6 is 0 Å². The van der Waals surface area contributed by atoms with E-state index in [4.69, 9.17) is 0 Å². The fraction of sp³-hybridized carbons (Fsp3) is 0.316. The smallest absolute Gasteiger partial charge is 0.274 e. The maximum absolute atomic E-state index is 12.8. The van der Waals surface area contributed by atoms with Crippen molar-refractivity contribution >= 4 is 22.6 Å². The molecule has 138 valence electrons. The molecule has 1 aliphatic heterocycles. The Labute approximate surface area is 155 Å². The van der Waals surface area contributed by atoms with E-state index in [9.17, 15) is 9.59 Å². The maximum Gasteiger partial charge on any atom is 0.274 e. The molecule has 1 aliphatic rings. The first-order chi connectivity index (χ1) is 13.1. The molecule has 1 saturated heterocycles. The van der Waals surface area contributed by atoms with E-state index in [1.54, 1.807) is 49.8 Å². The summed E-state index contributed by atoms with van der Waals surface area (Å²) < 4.78 is 1.21. The normalized spacial score (nSPS) is 15.1. The molecule has 27 heavy (non-hydrogen) atoms. The van der Waals surface area contributed by atoms with Crippen LogP contribution in [0.1, 0.15) is 23.3 Å². The summed E-state index contributed by atoms with van der Waals surface area (Å²) >= 11 is 0. The second-order valence-corrected chi connectivity index (χ2v) is 6.61. The van der Waals surface area contributed by atoms with Gasteiger partial charge in [-0.3, -0.25) is 9.59 Å². The molecule has 4 rings (SSSR count). The van der Waals surface area contributed by atoms with Gasteiger partial charge in [0.1, 0.15) is 0 Å². The van der Waals surface area contributed by atoms with Crippen molar-refractivity contribution in [2.75, 3.05) is 18.0 Å². The summed E-state index contributed by atoms with van der Waals surface area (Å²) in [6.07, 6.45) is 5.06. The van der Waals surface area contributed by atoms with Crippen LogP contribution < -0.4 is 15.8 Å². The molecule has 0 radical (unpaired) electrons. The van der Waals surface area contributed by atoms with Crippen molar-refractivity contribution in [1.82, 2.24) is 25.1 Å². The Morgan fingerprint density at radius 2 is 1.74 bits per heavy atom. The highest BCUT2D eigenvalue weighted by Crippen LogP contribution is 2.17. The van der Waals surface area contributed by atoms with E-state index in [0.29, 0.717) is 16.7 Å². The number of rotatable bonds is 3. The Morgan fingerprint density at radius 1 is 1.07 bits per heavy atom. The number of benzene rings is 1. The quantitative estimate of drug-likeness (QED) is 0.749. The summed E-state index contributed by atoms with van der Waals surface area (Å²) in [6, 6.07) is 8.91. The van der Waals surface area contributed by atoms with Crippen LogP contribution in [0.15, 0.2) is 47.5 Å². The molecule has 0 saturated carbocycles. The highest BCUT2D eigenvalue weighted by Gasteiger charge is 2.24. The molecule has 0 unspecified atom stereocenters. The summed E-state index contributed by atoms with van der Waals surface area (Å²) in [5.74, 6) is 0.462. The number of carbonyl (C=O) groups is 1. The highest BCUT2D eigenvalue weighted by atomic mass is 16.2. The summed E-state index contributed by atoms with van der Waals surface area (Å²) in [6.45, 7) is 1.55. The van der Waals surface area contributed by atoms with Crippen LogP contribution in [-0.2, 0) is 7.05 Å². The maximum atomic E-state index is 12.8. The zero-order valence-electron chi connectivity index (χ0n) is 15.0. The summed E-state index contributed by atoms with van der Waals surface area (Å²) in [7, 11) is 1.56. The third-order valence-electron chi connectivity index (χ3n) is 4.84. The zero-order valence-corrected chi connectivity index (χ0v) is 15.0. The molecule has 1 amide bonds. The molecule has 1 aromatic carbocycles. The number of nitrogens with zero attached hydrogens (tertiary/aromatic N) is 5. The van der Waals surface area contributed by atoms with Crippen molar-refractivity contribution in [3.05, 3.63) is 58.8 Å². The lowest BCUT2D eigenvalue weighted by Gasteiger charge is -2.32. The van der Waals surface area contributed by atoms with Gasteiger partial charge >= 0.3 is 0 Å². The van der Waals surface area contributed by atoms with Crippen LogP contribution in [0.3, 0.4) is 0 Å². The summed E-state index contributed by atoms with van der Waals surface area (Å²) in [4.78, 5) is 35.7. The molecule has 0 aliphatic carbocycles. The third-order valence-corrected chi connectivity index (χ3v) is 4.84. The minimum absolute atomic E-state index is 0.0512. The van der Waals surface area contributed by atoms with Crippen LogP contribution in [-0.4, -0.2) is 44.8 Å². The monoisotopic (exact) mass is 364 g/mol. The largest absolute Gasteiger partial charge is 0.348 e. The minimum Gasteiger partial charge on any atom is -0.348 e. The van der Waals surface area contributed by atoms with Crippen molar-refractivity contribution in [3.63, 3.8) is 0 Å². The van der Waals surface area contributed by atoms with E-state index in [1.165, 1.54) is 4.68 Å². The van der Waals surface area contributed by atoms with Gasteiger partial charge in [-0.1, -0.05) is 18.2 Å². The lowest BCUT2D eigenvalue weighted by Crippen LogP contribution is -2.45. The number of fused-ring (bicyclic) bond motifs is 1. The molecule has 0 atom stereocenters. The van der Waals surface area contributed by atoms with Crippen molar-refractivity contribution in [3.8, 4) is 0 Å². The van der Waals surface area contributed by atoms with E-state index in [0.717, 1.165) is 25.9 Å². The second kappa shape index (κ2) is 7.14. The van der Waals surface area contributed by atoms with Crippen LogP contribution in [0.4, 0.5) is 5.95 Å². The molecule has 3 aromatic rings. The Morgan fingerprint density at radius 3 is 2.44 bits per heavy atom. The van der Waals surface area contributed by atoms with E-state index in [2.05, 4.69) is 25.3 Å². The Kier molecular flexibility index (Phi) is 4.53. The summed E-state index contributed by atoms with van der Waals surface area (Å²) in [5.41, 5.74) is 0.0693. The first-order valence-electron chi connectivity index (χ1n) is 8.92. The van der Waals surface area contributed by atoms with Gasteiger partial charge < -0.3 is 10.2 Å². The second-order valence-electron chi connectivity index (χ2n) is 6.61. The van der Waals surface area contributed by atoms with Crippen LogP contribution in [0, 0.1) is 0 Å². The Hall–Kier alpha value is -3.29. The van der Waals surface area contributed by atoms with Crippen LogP contribution in [0.2, 0.25) is 0 Å². The summed E-state index contributed by atoms with van der Waals surface area (Å²) in [5, 5.41) is 8.33. The fourth-order valence-corrected chi connectivity index (χ4v) is 3.40.